The zero-order valence-corrected chi connectivity index (χ0v) is 12.9. The lowest BCUT2D eigenvalue weighted by molar-refractivity contribution is -0.147. The van der Waals surface area contributed by atoms with Gasteiger partial charge in [0.1, 0.15) is 13.2 Å². The number of carbonyl (C=O) groups is 2. The molecular formula is C17H21NO5. The first kappa shape index (κ1) is 18.5. The third-order valence-corrected chi connectivity index (χ3v) is 2.98. The summed E-state index contributed by atoms with van der Waals surface area (Å²) in [4.78, 5) is 23.8. The maximum atomic E-state index is 11.4. The predicted molar refractivity (Wildman–Crippen MR) is 86.1 cm³/mol. The highest BCUT2D eigenvalue weighted by Gasteiger charge is 2.09. The van der Waals surface area contributed by atoms with E-state index in [0.29, 0.717) is 19.7 Å². The van der Waals surface area contributed by atoms with Gasteiger partial charge in [0, 0.05) is 12.2 Å². The molecule has 0 aromatic heterocycles. The Balaban J connectivity index is 2.42. The molecular weight excluding hydrogens is 298 g/mol. The Bertz CT molecular complexity index is 524. The van der Waals surface area contributed by atoms with Crippen LogP contribution in [0.3, 0.4) is 0 Å². The molecule has 0 unspecified atom stereocenters. The summed E-state index contributed by atoms with van der Waals surface area (Å²) in [5.41, 5.74) is 0.985. The van der Waals surface area contributed by atoms with Crippen LogP contribution in [0.4, 0.5) is 5.69 Å². The molecule has 6 heteroatoms. The molecule has 0 amide bonds. The third kappa shape index (κ3) is 8.49. The number of anilines is 1. The van der Waals surface area contributed by atoms with Gasteiger partial charge in [-0.05, 0) is 12.1 Å². The summed E-state index contributed by atoms with van der Waals surface area (Å²) in [6.45, 7) is 2.00. The molecule has 1 rings (SSSR count). The Labute approximate surface area is 136 Å². The largest absolute Gasteiger partial charge is 0.481 e. The van der Waals surface area contributed by atoms with E-state index in [1.807, 2.05) is 35.2 Å². The van der Waals surface area contributed by atoms with Crippen LogP contribution in [-0.2, 0) is 19.1 Å². The van der Waals surface area contributed by atoms with E-state index in [2.05, 4.69) is 5.92 Å². The number of terminal acetylenes is 1. The average molecular weight is 319 g/mol. The van der Waals surface area contributed by atoms with Gasteiger partial charge in [-0.15, -0.1) is 6.42 Å². The number of hydrogen-bond donors (Lipinski definition) is 1. The van der Waals surface area contributed by atoms with Gasteiger partial charge in [0.2, 0.25) is 0 Å². The second-order valence-electron chi connectivity index (χ2n) is 4.69. The van der Waals surface area contributed by atoms with E-state index < -0.39 is 11.9 Å². The molecule has 0 heterocycles. The molecule has 6 nitrogen and oxygen atoms in total. The van der Waals surface area contributed by atoms with Crippen LogP contribution in [0.15, 0.2) is 30.3 Å². The van der Waals surface area contributed by atoms with Crippen molar-refractivity contribution in [2.24, 2.45) is 0 Å². The minimum Gasteiger partial charge on any atom is -0.481 e. The number of ether oxygens (including phenoxy) is 2. The van der Waals surface area contributed by atoms with E-state index in [1.165, 1.54) is 0 Å². The van der Waals surface area contributed by atoms with Crippen molar-refractivity contribution in [2.75, 3.05) is 37.8 Å². The van der Waals surface area contributed by atoms with Crippen molar-refractivity contribution in [3.8, 4) is 12.3 Å². The van der Waals surface area contributed by atoms with Crippen LogP contribution in [0.5, 0.6) is 0 Å². The van der Waals surface area contributed by atoms with E-state index in [0.717, 1.165) is 5.69 Å². The first-order chi connectivity index (χ1) is 11.1. The molecule has 124 valence electrons. The quantitative estimate of drug-likeness (QED) is 0.379. The van der Waals surface area contributed by atoms with Gasteiger partial charge in [-0.1, -0.05) is 24.1 Å². The molecule has 0 radical (unpaired) electrons. The molecule has 23 heavy (non-hydrogen) atoms. The summed E-state index contributed by atoms with van der Waals surface area (Å²) in [7, 11) is 0. The van der Waals surface area contributed by atoms with Crippen LogP contribution in [-0.4, -0.2) is 50.0 Å². The fourth-order valence-electron chi connectivity index (χ4n) is 1.87. The molecule has 0 spiro atoms. The minimum atomic E-state index is -1.02. The molecule has 0 aliphatic heterocycles. The average Bonchev–Trinajstić information content (AvgIpc) is 2.56. The van der Waals surface area contributed by atoms with Crippen LogP contribution in [0.1, 0.15) is 12.8 Å². The third-order valence-electron chi connectivity index (χ3n) is 2.98. The van der Waals surface area contributed by atoms with Crippen LogP contribution >= 0.6 is 0 Å². The number of esters is 1. The van der Waals surface area contributed by atoms with Gasteiger partial charge in [0.25, 0.3) is 0 Å². The van der Waals surface area contributed by atoms with Crippen molar-refractivity contribution in [3.05, 3.63) is 30.3 Å². The summed E-state index contributed by atoms with van der Waals surface area (Å²) in [5, 5.41) is 8.52. The molecule has 0 aliphatic rings. The SMILES string of the molecule is C#CCOCCN(CCOC(=O)CCC(=O)O)c1ccccc1. The lowest BCUT2D eigenvalue weighted by atomic mass is 10.3. The van der Waals surface area contributed by atoms with Crippen LogP contribution < -0.4 is 4.90 Å². The van der Waals surface area contributed by atoms with Crippen molar-refractivity contribution in [1.82, 2.24) is 0 Å². The van der Waals surface area contributed by atoms with Gasteiger partial charge in [-0.25, -0.2) is 0 Å². The van der Waals surface area contributed by atoms with E-state index in [4.69, 9.17) is 21.0 Å². The first-order valence-electron chi connectivity index (χ1n) is 7.32. The molecule has 0 fully saturated rings. The number of benzene rings is 1. The van der Waals surface area contributed by atoms with E-state index in [9.17, 15) is 9.59 Å². The number of nitrogens with zero attached hydrogens (tertiary/aromatic N) is 1. The van der Waals surface area contributed by atoms with Crippen molar-refractivity contribution in [1.29, 1.82) is 0 Å². The highest BCUT2D eigenvalue weighted by atomic mass is 16.5. The summed E-state index contributed by atoms with van der Waals surface area (Å²) in [5.74, 6) is 0.879. The second-order valence-corrected chi connectivity index (χ2v) is 4.69. The summed E-state index contributed by atoms with van der Waals surface area (Å²) < 4.78 is 10.3. The standard InChI is InChI=1S/C17H21NO5/c1-2-12-22-13-10-18(15-6-4-3-5-7-15)11-14-23-17(21)9-8-16(19)20/h1,3-7H,8-14H2,(H,19,20). The molecule has 0 bridgehead atoms. The Morgan fingerprint density at radius 2 is 1.83 bits per heavy atom. The number of aliphatic carboxylic acids is 1. The van der Waals surface area contributed by atoms with Crippen LogP contribution in [0.2, 0.25) is 0 Å². The van der Waals surface area contributed by atoms with Gasteiger partial charge in [-0.3, -0.25) is 9.59 Å². The first-order valence-corrected chi connectivity index (χ1v) is 7.32. The van der Waals surface area contributed by atoms with Crippen molar-refractivity contribution < 1.29 is 24.2 Å². The number of carbonyl (C=O) groups excluding carboxylic acids is 1. The fraction of sp³-hybridized carbons (Fsp3) is 0.412. The maximum absolute atomic E-state index is 11.4. The smallest absolute Gasteiger partial charge is 0.306 e. The normalized spacial score (nSPS) is 9.87. The number of carboxylic acid groups (broad SMARTS) is 1. The number of rotatable bonds is 11. The Hall–Kier alpha value is -2.52. The summed E-state index contributed by atoms with van der Waals surface area (Å²) >= 11 is 0. The number of hydrogen-bond acceptors (Lipinski definition) is 5. The van der Waals surface area contributed by atoms with Gasteiger partial charge in [0.05, 0.1) is 26.0 Å². The molecule has 0 saturated carbocycles. The monoisotopic (exact) mass is 319 g/mol. The van der Waals surface area contributed by atoms with E-state index in [-0.39, 0.29) is 26.1 Å². The van der Waals surface area contributed by atoms with E-state index >= 15 is 0 Å². The van der Waals surface area contributed by atoms with Crippen LogP contribution in [0.25, 0.3) is 0 Å². The Kier molecular flexibility index (Phi) is 8.94. The lowest BCUT2D eigenvalue weighted by Gasteiger charge is -2.24. The second kappa shape index (κ2) is 11.1. The zero-order valence-electron chi connectivity index (χ0n) is 12.9. The fourth-order valence-corrected chi connectivity index (χ4v) is 1.87. The Morgan fingerprint density at radius 1 is 1.13 bits per heavy atom. The molecule has 0 aliphatic carbocycles. The molecule has 0 atom stereocenters. The molecule has 1 aromatic carbocycles. The van der Waals surface area contributed by atoms with Crippen molar-refractivity contribution >= 4 is 17.6 Å². The van der Waals surface area contributed by atoms with Gasteiger partial charge < -0.3 is 19.5 Å². The van der Waals surface area contributed by atoms with Crippen LogP contribution in [0, 0.1) is 12.3 Å². The summed E-state index contributed by atoms with van der Waals surface area (Å²) in [6, 6.07) is 9.66. The van der Waals surface area contributed by atoms with E-state index in [1.54, 1.807) is 0 Å². The van der Waals surface area contributed by atoms with Crippen molar-refractivity contribution in [2.45, 2.75) is 12.8 Å². The molecule has 1 aromatic rings. The van der Waals surface area contributed by atoms with Gasteiger partial charge in [-0.2, -0.15) is 0 Å². The Morgan fingerprint density at radius 3 is 2.48 bits per heavy atom. The molecule has 1 N–H and O–H groups in total. The summed E-state index contributed by atoms with van der Waals surface area (Å²) in [6.07, 6.45) is 4.79. The maximum Gasteiger partial charge on any atom is 0.306 e. The molecule has 0 saturated heterocycles. The highest BCUT2D eigenvalue weighted by Crippen LogP contribution is 2.12. The topological polar surface area (TPSA) is 76.1 Å². The van der Waals surface area contributed by atoms with Crippen molar-refractivity contribution in [3.63, 3.8) is 0 Å². The number of carboxylic acids is 1. The zero-order chi connectivity index (χ0) is 16.9. The lowest BCUT2D eigenvalue weighted by Crippen LogP contribution is -2.31. The predicted octanol–water partition coefficient (Wildman–Crippen LogP) is 1.55. The highest BCUT2D eigenvalue weighted by molar-refractivity contribution is 5.76. The minimum absolute atomic E-state index is 0.119. The number of para-hydroxylation sites is 1. The van der Waals surface area contributed by atoms with Gasteiger partial charge >= 0.3 is 11.9 Å². The van der Waals surface area contributed by atoms with Gasteiger partial charge in [0.15, 0.2) is 0 Å².